The molecule has 0 radical (unpaired) electrons. The van der Waals surface area contributed by atoms with E-state index in [1.807, 2.05) is 51.1 Å². The molecule has 0 fully saturated rings. The predicted octanol–water partition coefficient (Wildman–Crippen LogP) is 4.95. The van der Waals surface area contributed by atoms with Crippen molar-refractivity contribution in [1.29, 1.82) is 0 Å². The van der Waals surface area contributed by atoms with E-state index in [1.165, 1.54) is 0 Å². The van der Waals surface area contributed by atoms with Gasteiger partial charge in [0, 0.05) is 10.2 Å². The third-order valence-corrected chi connectivity index (χ3v) is 4.23. The van der Waals surface area contributed by atoms with Gasteiger partial charge in [0.2, 0.25) is 0 Å². The Bertz CT molecular complexity index is 702. The standard InChI is InChI=1S/C19H22BrNO2/c1-5-15-8-6-7-12(2)18(15)21-17(22)11-23-19-13(3)9-16(20)10-14(19)4/h6-10H,5,11H2,1-4H3,(H,21,22). The number of carbonyl (C=O) groups excluding carboxylic acids is 1. The Morgan fingerprint density at radius 3 is 2.39 bits per heavy atom. The number of halogens is 1. The number of hydrogen-bond acceptors (Lipinski definition) is 2. The first-order chi connectivity index (χ1) is 10.9. The van der Waals surface area contributed by atoms with Crippen molar-refractivity contribution < 1.29 is 9.53 Å². The van der Waals surface area contributed by atoms with Crippen LogP contribution in [-0.2, 0) is 11.2 Å². The fourth-order valence-electron chi connectivity index (χ4n) is 2.64. The van der Waals surface area contributed by atoms with Gasteiger partial charge in [-0.2, -0.15) is 0 Å². The molecule has 0 saturated carbocycles. The highest BCUT2D eigenvalue weighted by Gasteiger charge is 2.11. The highest BCUT2D eigenvalue weighted by Crippen LogP contribution is 2.27. The van der Waals surface area contributed by atoms with Gasteiger partial charge in [-0.1, -0.05) is 41.1 Å². The van der Waals surface area contributed by atoms with Gasteiger partial charge >= 0.3 is 0 Å². The summed E-state index contributed by atoms with van der Waals surface area (Å²) < 4.78 is 6.75. The number of hydrogen-bond donors (Lipinski definition) is 1. The van der Waals surface area contributed by atoms with E-state index in [2.05, 4.69) is 28.2 Å². The summed E-state index contributed by atoms with van der Waals surface area (Å²) in [5.41, 5.74) is 5.11. The van der Waals surface area contributed by atoms with E-state index in [0.717, 1.165) is 44.6 Å². The maximum Gasteiger partial charge on any atom is 0.262 e. The van der Waals surface area contributed by atoms with Crippen molar-refractivity contribution in [3.8, 4) is 5.75 Å². The zero-order valence-electron chi connectivity index (χ0n) is 14.0. The quantitative estimate of drug-likeness (QED) is 0.802. The molecular weight excluding hydrogens is 354 g/mol. The summed E-state index contributed by atoms with van der Waals surface area (Å²) in [5, 5.41) is 2.98. The lowest BCUT2D eigenvalue weighted by atomic mass is 10.1. The van der Waals surface area contributed by atoms with Gasteiger partial charge in [0.1, 0.15) is 5.75 Å². The monoisotopic (exact) mass is 375 g/mol. The number of benzene rings is 2. The number of aryl methyl sites for hydroxylation is 4. The van der Waals surface area contributed by atoms with E-state index in [9.17, 15) is 4.79 Å². The average Bonchev–Trinajstić information content (AvgIpc) is 2.48. The summed E-state index contributed by atoms with van der Waals surface area (Å²) in [6.07, 6.45) is 0.878. The number of anilines is 1. The molecule has 0 saturated heterocycles. The Morgan fingerprint density at radius 2 is 1.78 bits per heavy atom. The molecule has 0 aliphatic heterocycles. The number of nitrogens with one attached hydrogen (secondary N) is 1. The number of carbonyl (C=O) groups is 1. The number of rotatable bonds is 5. The van der Waals surface area contributed by atoms with Crippen LogP contribution in [0.5, 0.6) is 5.75 Å². The Kier molecular flexibility index (Phi) is 5.83. The van der Waals surface area contributed by atoms with E-state index < -0.39 is 0 Å². The van der Waals surface area contributed by atoms with E-state index in [4.69, 9.17) is 4.74 Å². The molecule has 0 spiro atoms. The largest absolute Gasteiger partial charge is 0.483 e. The summed E-state index contributed by atoms with van der Waals surface area (Å²) in [6.45, 7) is 8.03. The first kappa shape index (κ1) is 17.5. The summed E-state index contributed by atoms with van der Waals surface area (Å²) in [7, 11) is 0. The van der Waals surface area contributed by atoms with Crippen LogP contribution in [0, 0.1) is 20.8 Å². The highest BCUT2D eigenvalue weighted by atomic mass is 79.9. The topological polar surface area (TPSA) is 38.3 Å². The molecule has 1 N–H and O–H groups in total. The number of ether oxygens (including phenoxy) is 1. The Balaban J connectivity index is 2.07. The minimum absolute atomic E-state index is 0.000795. The second kappa shape index (κ2) is 7.64. The van der Waals surface area contributed by atoms with Crippen molar-refractivity contribution in [2.75, 3.05) is 11.9 Å². The third kappa shape index (κ3) is 4.35. The van der Waals surface area contributed by atoms with Gasteiger partial charge in [0.05, 0.1) is 0 Å². The van der Waals surface area contributed by atoms with Crippen LogP contribution in [0.3, 0.4) is 0 Å². The molecule has 0 atom stereocenters. The van der Waals surface area contributed by atoms with Crippen molar-refractivity contribution in [2.45, 2.75) is 34.1 Å². The number of amides is 1. The van der Waals surface area contributed by atoms with Crippen LogP contribution in [0.2, 0.25) is 0 Å². The van der Waals surface area contributed by atoms with Gasteiger partial charge in [0.25, 0.3) is 5.91 Å². The molecule has 4 heteroatoms. The summed E-state index contributed by atoms with van der Waals surface area (Å²) in [5.74, 6) is 0.625. The van der Waals surface area contributed by atoms with Crippen LogP contribution in [0.1, 0.15) is 29.2 Å². The zero-order valence-corrected chi connectivity index (χ0v) is 15.6. The SMILES string of the molecule is CCc1cccc(C)c1NC(=O)COc1c(C)cc(Br)cc1C. The highest BCUT2D eigenvalue weighted by molar-refractivity contribution is 9.10. The van der Waals surface area contributed by atoms with Crippen LogP contribution in [0.4, 0.5) is 5.69 Å². The van der Waals surface area contributed by atoms with Crippen molar-refractivity contribution in [1.82, 2.24) is 0 Å². The normalized spacial score (nSPS) is 10.5. The molecule has 2 aromatic carbocycles. The lowest BCUT2D eigenvalue weighted by Gasteiger charge is -2.15. The zero-order chi connectivity index (χ0) is 17.0. The fourth-order valence-corrected chi connectivity index (χ4v) is 3.33. The predicted molar refractivity (Wildman–Crippen MR) is 98.3 cm³/mol. The molecule has 23 heavy (non-hydrogen) atoms. The maximum atomic E-state index is 12.3. The smallest absolute Gasteiger partial charge is 0.262 e. The van der Waals surface area contributed by atoms with Crippen molar-refractivity contribution in [2.24, 2.45) is 0 Å². The van der Waals surface area contributed by atoms with Crippen molar-refractivity contribution >= 4 is 27.5 Å². The lowest BCUT2D eigenvalue weighted by Crippen LogP contribution is -2.22. The molecule has 0 aliphatic rings. The van der Waals surface area contributed by atoms with Crippen LogP contribution >= 0.6 is 15.9 Å². The maximum absolute atomic E-state index is 12.3. The first-order valence-electron chi connectivity index (χ1n) is 7.70. The molecule has 2 rings (SSSR count). The van der Waals surface area contributed by atoms with Crippen LogP contribution in [0.25, 0.3) is 0 Å². The van der Waals surface area contributed by atoms with Gasteiger partial charge in [-0.3, -0.25) is 4.79 Å². The Labute approximate surface area is 146 Å². The summed E-state index contributed by atoms with van der Waals surface area (Å²) in [4.78, 5) is 12.3. The molecule has 0 aromatic heterocycles. The van der Waals surface area contributed by atoms with E-state index in [0.29, 0.717) is 0 Å². The molecule has 0 unspecified atom stereocenters. The van der Waals surface area contributed by atoms with E-state index >= 15 is 0 Å². The van der Waals surface area contributed by atoms with Crippen LogP contribution in [-0.4, -0.2) is 12.5 Å². The minimum atomic E-state index is -0.143. The molecule has 0 aliphatic carbocycles. The fraction of sp³-hybridized carbons (Fsp3) is 0.316. The van der Waals surface area contributed by atoms with Gasteiger partial charge in [-0.05, 0) is 61.6 Å². The van der Waals surface area contributed by atoms with E-state index in [-0.39, 0.29) is 12.5 Å². The lowest BCUT2D eigenvalue weighted by molar-refractivity contribution is -0.118. The second-order valence-corrected chi connectivity index (χ2v) is 6.58. The minimum Gasteiger partial charge on any atom is -0.483 e. The molecule has 1 amide bonds. The van der Waals surface area contributed by atoms with Crippen LogP contribution < -0.4 is 10.1 Å². The molecular formula is C19H22BrNO2. The molecule has 2 aromatic rings. The molecule has 122 valence electrons. The van der Waals surface area contributed by atoms with Gasteiger partial charge in [-0.15, -0.1) is 0 Å². The van der Waals surface area contributed by atoms with Crippen LogP contribution in [0.15, 0.2) is 34.8 Å². The average molecular weight is 376 g/mol. The summed E-state index contributed by atoms with van der Waals surface area (Å²) in [6, 6.07) is 10.0. The van der Waals surface area contributed by atoms with Gasteiger partial charge < -0.3 is 10.1 Å². The molecule has 3 nitrogen and oxygen atoms in total. The summed E-state index contributed by atoms with van der Waals surface area (Å²) >= 11 is 3.46. The third-order valence-electron chi connectivity index (χ3n) is 3.78. The molecule has 0 heterocycles. The van der Waals surface area contributed by atoms with Crippen molar-refractivity contribution in [3.63, 3.8) is 0 Å². The van der Waals surface area contributed by atoms with Gasteiger partial charge in [-0.25, -0.2) is 0 Å². The Hall–Kier alpha value is -1.81. The van der Waals surface area contributed by atoms with E-state index in [1.54, 1.807) is 0 Å². The number of para-hydroxylation sites is 1. The van der Waals surface area contributed by atoms with Gasteiger partial charge in [0.15, 0.2) is 6.61 Å². The second-order valence-electron chi connectivity index (χ2n) is 5.67. The van der Waals surface area contributed by atoms with Crippen molar-refractivity contribution in [3.05, 3.63) is 57.1 Å². The molecule has 0 bridgehead atoms. The Morgan fingerprint density at radius 1 is 1.13 bits per heavy atom. The first-order valence-corrected chi connectivity index (χ1v) is 8.49.